The molecule has 0 bridgehead atoms. The molecule has 0 atom stereocenters. The molecule has 128 valence electrons. The first-order valence-electron chi connectivity index (χ1n) is 7.66. The van der Waals surface area contributed by atoms with Crippen molar-refractivity contribution in [2.75, 3.05) is 13.2 Å². The molecule has 0 unspecified atom stereocenters. The van der Waals surface area contributed by atoms with Gasteiger partial charge < -0.3 is 9.47 Å². The zero-order chi connectivity index (χ0) is 17.8. The molecule has 0 saturated heterocycles. The number of carbonyl (C=O) groups is 1. The number of halogens is 2. The number of rotatable bonds is 5. The molecule has 0 radical (unpaired) electrons. The lowest BCUT2D eigenvalue weighted by molar-refractivity contribution is 0.0447. The molecule has 0 aliphatic rings. The molecular weight excluding hydrogens is 328 g/mol. The van der Waals surface area contributed by atoms with E-state index in [0.717, 1.165) is 0 Å². The standard InChI is InChI=1S/C19H15F2NO3/c1-12-15(10-13-6-7-14(20)11-17(13)22-12)19(23)25-9-8-24-18-5-3-2-4-16(18)21/h2-7,10-11H,8-9H2,1H3. The lowest BCUT2D eigenvalue weighted by Gasteiger charge is -2.10. The Kier molecular flexibility index (Phi) is 4.88. The van der Waals surface area contributed by atoms with Crippen molar-refractivity contribution < 1.29 is 23.0 Å². The van der Waals surface area contributed by atoms with Gasteiger partial charge >= 0.3 is 5.97 Å². The van der Waals surface area contributed by atoms with Gasteiger partial charge in [-0.3, -0.25) is 4.98 Å². The van der Waals surface area contributed by atoms with Crippen LogP contribution >= 0.6 is 0 Å². The van der Waals surface area contributed by atoms with Crippen LogP contribution in [0, 0.1) is 18.6 Å². The first kappa shape index (κ1) is 16.8. The van der Waals surface area contributed by atoms with Crippen molar-refractivity contribution >= 4 is 16.9 Å². The molecule has 6 heteroatoms. The second kappa shape index (κ2) is 7.25. The van der Waals surface area contributed by atoms with Crippen LogP contribution < -0.4 is 4.74 Å². The Morgan fingerprint density at radius 2 is 1.88 bits per heavy atom. The van der Waals surface area contributed by atoms with Gasteiger partial charge in [0.25, 0.3) is 0 Å². The number of pyridine rings is 1. The Bertz CT molecular complexity index is 928. The van der Waals surface area contributed by atoms with E-state index >= 15 is 0 Å². The third-order valence-corrected chi connectivity index (χ3v) is 3.60. The van der Waals surface area contributed by atoms with Gasteiger partial charge in [-0.15, -0.1) is 0 Å². The number of carbonyl (C=O) groups excluding carboxylic acids is 1. The number of hydrogen-bond acceptors (Lipinski definition) is 4. The summed E-state index contributed by atoms with van der Waals surface area (Å²) in [5.74, 6) is -1.33. The molecule has 3 rings (SSSR count). The van der Waals surface area contributed by atoms with E-state index in [1.54, 1.807) is 31.2 Å². The van der Waals surface area contributed by atoms with Crippen molar-refractivity contribution in [2.45, 2.75) is 6.92 Å². The van der Waals surface area contributed by atoms with Gasteiger partial charge in [0.1, 0.15) is 19.0 Å². The summed E-state index contributed by atoms with van der Waals surface area (Å²) in [4.78, 5) is 16.4. The number of esters is 1. The van der Waals surface area contributed by atoms with E-state index < -0.39 is 11.8 Å². The van der Waals surface area contributed by atoms with Gasteiger partial charge in [-0.1, -0.05) is 12.1 Å². The SMILES string of the molecule is Cc1nc2cc(F)ccc2cc1C(=O)OCCOc1ccccc1F. The van der Waals surface area contributed by atoms with E-state index in [2.05, 4.69) is 4.98 Å². The zero-order valence-corrected chi connectivity index (χ0v) is 13.5. The smallest absolute Gasteiger partial charge is 0.340 e. The molecule has 0 amide bonds. The van der Waals surface area contributed by atoms with E-state index in [9.17, 15) is 13.6 Å². The third kappa shape index (κ3) is 3.91. The molecule has 2 aromatic carbocycles. The number of aromatic nitrogens is 1. The fourth-order valence-corrected chi connectivity index (χ4v) is 2.37. The predicted octanol–water partition coefficient (Wildman–Crippen LogP) is 4.06. The predicted molar refractivity (Wildman–Crippen MR) is 88.6 cm³/mol. The zero-order valence-electron chi connectivity index (χ0n) is 13.5. The Morgan fingerprint density at radius 1 is 1.08 bits per heavy atom. The van der Waals surface area contributed by atoms with Gasteiger partial charge in [0.15, 0.2) is 11.6 Å². The molecule has 1 aromatic heterocycles. The highest BCUT2D eigenvalue weighted by atomic mass is 19.1. The molecule has 0 saturated carbocycles. The van der Waals surface area contributed by atoms with Crippen molar-refractivity contribution in [3.8, 4) is 5.75 Å². The summed E-state index contributed by atoms with van der Waals surface area (Å²) in [6, 6.07) is 11.8. The highest BCUT2D eigenvalue weighted by molar-refractivity contribution is 5.95. The second-order valence-corrected chi connectivity index (χ2v) is 5.37. The van der Waals surface area contributed by atoms with Gasteiger partial charge in [0, 0.05) is 11.5 Å². The summed E-state index contributed by atoms with van der Waals surface area (Å²) in [7, 11) is 0. The van der Waals surface area contributed by atoms with E-state index in [1.807, 2.05) is 0 Å². The van der Waals surface area contributed by atoms with Crippen LogP contribution in [0.3, 0.4) is 0 Å². The van der Waals surface area contributed by atoms with Crippen molar-refractivity contribution in [1.82, 2.24) is 4.98 Å². The minimum absolute atomic E-state index is 0.0257. The number of fused-ring (bicyclic) bond motifs is 1. The molecule has 1 heterocycles. The first-order valence-corrected chi connectivity index (χ1v) is 7.66. The van der Waals surface area contributed by atoms with Crippen LogP contribution in [-0.4, -0.2) is 24.2 Å². The van der Waals surface area contributed by atoms with Crippen LogP contribution in [0.25, 0.3) is 10.9 Å². The fraction of sp³-hybridized carbons (Fsp3) is 0.158. The van der Waals surface area contributed by atoms with Crippen LogP contribution in [0.2, 0.25) is 0 Å². The van der Waals surface area contributed by atoms with Gasteiger partial charge in [0.05, 0.1) is 16.8 Å². The summed E-state index contributed by atoms with van der Waals surface area (Å²) in [6.45, 7) is 1.64. The number of benzene rings is 2. The second-order valence-electron chi connectivity index (χ2n) is 5.37. The molecule has 0 N–H and O–H groups in total. The highest BCUT2D eigenvalue weighted by Crippen LogP contribution is 2.19. The quantitative estimate of drug-likeness (QED) is 0.518. The van der Waals surface area contributed by atoms with E-state index in [0.29, 0.717) is 22.2 Å². The lowest BCUT2D eigenvalue weighted by atomic mass is 10.1. The normalized spacial score (nSPS) is 10.7. The van der Waals surface area contributed by atoms with Gasteiger partial charge in [-0.25, -0.2) is 13.6 Å². The lowest BCUT2D eigenvalue weighted by Crippen LogP contribution is -2.14. The van der Waals surface area contributed by atoms with Crippen molar-refractivity contribution in [1.29, 1.82) is 0 Å². The van der Waals surface area contributed by atoms with Crippen LogP contribution in [0.5, 0.6) is 5.75 Å². The maximum atomic E-state index is 13.4. The number of nitrogens with zero attached hydrogens (tertiary/aromatic N) is 1. The van der Waals surface area contributed by atoms with Crippen molar-refractivity contribution in [3.05, 3.63) is 71.4 Å². The minimum Gasteiger partial charge on any atom is -0.487 e. The summed E-state index contributed by atoms with van der Waals surface area (Å²) in [5, 5.41) is 0.640. The number of hydrogen-bond donors (Lipinski definition) is 0. The summed E-state index contributed by atoms with van der Waals surface area (Å²) in [6.07, 6.45) is 0. The first-order chi connectivity index (χ1) is 12.0. The summed E-state index contributed by atoms with van der Waals surface area (Å²) in [5.41, 5.74) is 1.21. The third-order valence-electron chi connectivity index (χ3n) is 3.60. The van der Waals surface area contributed by atoms with Crippen LogP contribution in [0.1, 0.15) is 16.1 Å². The monoisotopic (exact) mass is 343 g/mol. The molecule has 0 spiro atoms. The Labute approximate surface area is 143 Å². The number of aryl methyl sites for hydroxylation is 1. The average Bonchev–Trinajstić information content (AvgIpc) is 2.59. The van der Waals surface area contributed by atoms with E-state index in [4.69, 9.17) is 9.47 Å². The summed E-state index contributed by atoms with van der Waals surface area (Å²) >= 11 is 0. The van der Waals surface area contributed by atoms with E-state index in [1.165, 1.54) is 24.3 Å². The van der Waals surface area contributed by atoms with E-state index in [-0.39, 0.29) is 24.8 Å². The molecule has 4 nitrogen and oxygen atoms in total. The number of ether oxygens (including phenoxy) is 2. The fourth-order valence-electron chi connectivity index (χ4n) is 2.37. The van der Waals surface area contributed by atoms with Crippen molar-refractivity contribution in [2.24, 2.45) is 0 Å². The molecule has 0 aliphatic heterocycles. The van der Waals surface area contributed by atoms with Gasteiger partial charge in [0.2, 0.25) is 0 Å². The Morgan fingerprint density at radius 3 is 2.68 bits per heavy atom. The maximum Gasteiger partial charge on any atom is 0.340 e. The topological polar surface area (TPSA) is 48.4 Å². The Balaban J connectivity index is 1.63. The molecule has 0 fully saturated rings. The number of para-hydroxylation sites is 1. The maximum absolute atomic E-state index is 13.4. The molecule has 0 aliphatic carbocycles. The van der Waals surface area contributed by atoms with Crippen LogP contribution in [0.15, 0.2) is 48.5 Å². The van der Waals surface area contributed by atoms with Gasteiger partial charge in [-0.2, -0.15) is 0 Å². The average molecular weight is 343 g/mol. The summed E-state index contributed by atoms with van der Waals surface area (Å²) < 4.78 is 37.0. The molecule has 3 aromatic rings. The van der Waals surface area contributed by atoms with Crippen LogP contribution in [-0.2, 0) is 4.74 Å². The van der Waals surface area contributed by atoms with Crippen LogP contribution in [0.4, 0.5) is 8.78 Å². The van der Waals surface area contributed by atoms with Crippen molar-refractivity contribution in [3.63, 3.8) is 0 Å². The molecule has 25 heavy (non-hydrogen) atoms. The Hall–Kier alpha value is -3.02. The van der Waals surface area contributed by atoms with Gasteiger partial charge in [-0.05, 0) is 37.3 Å². The molecular formula is C19H15F2NO3. The largest absolute Gasteiger partial charge is 0.487 e. The minimum atomic E-state index is -0.562. The highest BCUT2D eigenvalue weighted by Gasteiger charge is 2.13.